The minimum atomic E-state index is -3.53. The van der Waals surface area contributed by atoms with Crippen LogP contribution in [0.2, 0.25) is 0 Å². The van der Waals surface area contributed by atoms with E-state index in [1.165, 1.54) is 18.4 Å². The SMILES string of the molecule is CCNC(=NCc1ccc(OC)cc1OC)NCc1ccccc1S(=O)(=O)N(C)C. The molecule has 30 heavy (non-hydrogen) atoms. The van der Waals surface area contributed by atoms with E-state index in [0.29, 0.717) is 42.7 Å². The zero-order chi connectivity index (χ0) is 22.1. The first-order valence-corrected chi connectivity index (χ1v) is 11.0. The van der Waals surface area contributed by atoms with E-state index >= 15 is 0 Å². The van der Waals surface area contributed by atoms with E-state index in [9.17, 15) is 8.42 Å². The van der Waals surface area contributed by atoms with Gasteiger partial charge in [0.25, 0.3) is 0 Å². The maximum atomic E-state index is 12.6. The van der Waals surface area contributed by atoms with Crippen LogP contribution in [0.5, 0.6) is 11.5 Å². The van der Waals surface area contributed by atoms with Gasteiger partial charge in [0, 0.05) is 38.8 Å². The van der Waals surface area contributed by atoms with Gasteiger partial charge in [0.05, 0.1) is 25.7 Å². The van der Waals surface area contributed by atoms with Crippen LogP contribution in [0.25, 0.3) is 0 Å². The minimum absolute atomic E-state index is 0.273. The predicted octanol–water partition coefficient (Wildman–Crippen LogP) is 2.21. The topological polar surface area (TPSA) is 92.3 Å². The van der Waals surface area contributed by atoms with Crippen LogP contribution in [0.3, 0.4) is 0 Å². The van der Waals surface area contributed by atoms with Crippen molar-refractivity contribution in [2.45, 2.75) is 24.9 Å². The molecule has 8 nitrogen and oxygen atoms in total. The maximum absolute atomic E-state index is 12.6. The lowest BCUT2D eigenvalue weighted by Gasteiger charge is -2.17. The van der Waals surface area contributed by atoms with E-state index in [0.717, 1.165) is 5.56 Å². The second kappa shape index (κ2) is 10.8. The first kappa shape index (κ1) is 23.5. The Labute approximate surface area is 179 Å². The lowest BCUT2D eigenvalue weighted by molar-refractivity contribution is 0.391. The molecule has 0 aliphatic heterocycles. The van der Waals surface area contributed by atoms with Crippen LogP contribution in [-0.2, 0) is 23.1 Å². The van der Waals surface area contributed by atoms with Crippen molar-refractivity contribution in [2.24, 2.45) is 4.99 Å². The second-order valence-corrected chi connectivity index (χ2v) is 8.74. The standard InChI is InChI=1S/C21H30N4O4S/c1-6-22-21(23-14-16-11-12-18(28-4)13-19(16)29-5)24-15-17-9-7-8-10-20(17)30(26,27)25(2)3/h7-13H,6,14-15H2,1-5H3,(H2,22,23,24). The zero-order valence-corrected chi connectivity index (χ0v) is 18.9. The van der Waals surface area contributed by atoms with E-state index < -0.39 is 10.0 Å². The average molecular weight is 435 g/mol. The quantitative estimate of drug-likeness (QED) is 0.464. The molecule has 2 N–H and O–H groups in total. The lowest BCUT2D eigenvalue weighted by atomic mass is 10.2. The van der Waals surface area contributed by atoms with Gasteiger partial charge in [0.1, 0.15) is 11.5 Å². The molecule has 0 unspecified atom stereocenters. The fourth-order valence-electron chi connectivity index (χ4n) is 2.77. The summed E-state index contributed by atoms with van der Waals surface area (Å²) in [5, 5.41) is 6.39. The van der Waals surface area contributed by atoms with Crippen molar-refractivity contribution in [2.75, 3.05) is 34.9 Å². The molecular weight excluding hydrogens is 404 g/mol. The van der Waals surface area contributed by atoms with Gasteiger partial charge in [-0.2, -0.15) is 0 Å². The number of aliphatic imine (C=N–C) groups is 1. The van der Waals surface area contributed by atoms with E-state index in [2.05, 4.69) is 15.6 Å². The number of ether oxygens (including phenoxy) is 2. The van der Waals surface area contributed by atoms with E-state index in [1.54, 1.807) is 32.4 Å². The van der Waals surface area contributed by atoms with Crippen LogP contribution in [0, 0.1) is 0 Å². The van der Waals surface area contributed by atoms with Crippen molar-refractivity contribution in [3.63, 3.8) is 0 Å². The Bertz CT molecular complexity index is 975. The van der Waals surface area contributed by atoms with E-state index in [1.807, 2.05) is 31.2 Å². The number of hydrogen-bond donors (Lipinski definition) is 2. The molecule has 0 bridgehead atoms. The van der Waals surface area contributed by atoms with Gasteiger partial charge in [0.15, 0.2) is 5.96 Å². The molecule has 9 heteroatoms. The molecule has 164 valence electrons. The number of benzene rings is 2. The summed E-state index contributed by atoms with van der Waals surface area (Å²) in [6, 6.07) is 12.5. The van der Waals surface area contributed by atoms with Crippen molar-refractivity contribution >= 4 is 16.0 Å². The molecule has 2 aromatic rings. The van der Waals surface area contributed by atoms with Gasteiger partial charge in [-0.05, 0) is 30.7 Å². The van der Waals surface area contributed by atoms with Crippen molar-refractivity contribution in [1.29, 1.82) is 0 Å². The number of guanidine groups is 1. The molecule has 0 saturated heterocycles. The van der Waals surface area contributed by atoms with Crippen molar-refractivity contribution < 1.29 is 17.9 Å². The molecule has 0 atom stereocenters. The summed E-state index contributed by atoms with van der Waals surface area (Å²) in [7, 11) is 2.72. The molecule has 0 saturated carbocycles. The highest BCUT2D eigenvalue weighted by molar-refractivity contribution is 7.89. The van der Waals surface area contributed by atoms with Gasteiger partial charge in [-0.3, -0.25) is 0 Å². The fraction of sp³-hybridized carbons (Fsp3) is 0.381. The first-order chi connectivity index (χ1) is 14.3. The minimum Gasteiger partial charge on any atom is -0.497 e. The molecule has 0 aliphatic carbocycles. The normalized spacial score (nSPS) is 12.0. The molecule has 0 aliphatic rings. The number of rotatable bonds is 9. The Hall–Kier alpha value is -2.78. The number of nitrogens with zero attached hydrogens (tertiary/aromatic N) is 2. The number of methoxy groups -OCH3 is 2. The Morgan fingerprint density at radius 3 is 2.40 bits per heavy atom. The van der Waals surface area contributed by atoms with Crippen LogP contribution >= 0.6 is 0 Å². The molecule has 0 heterocycles. The molecule has 0 radical (unpaired) electrons. The molecule has 0 spiro atoms. The van der Waals surface area contributed by atoms with Gasteiger partial charge in [-0.15, -0.1) is 0 Å². The summed E-state index contributed by atoms with van der Waals surface area (Å²) in [4.78, 5) is 4.88. The van der Waals surface area contributed by atoms with Gasteiger partial charge in [0.2, 0.25) is 10.0 Å². The zero-order valence-electron chi connectivity index (χ0n) is 18.1. The summed E-state index contributed by atoms with van der Waals surface area (Å²) < 4.78 is 37.0. The monoisotopic (exact) mass is 434 g/mol. The van der Waals surface area contributed by atoms with Crippen LogP contribution in [0.15, 0.2) is 52.4 Å². The lowest BCUT2D eigenvalue weighted by Crippen LogP contribution is -2.37. The van der Waals surface area contributed by atoms with E-state index in [-0.39, 0.29) is 4.90 Å². The Kier molecular flexibility index (Phi) is 8.49. The summed E-state index contributed by atoms with van der Waals surface area (Å²) in [6.45, 7) is 3.34. The fourth-order valence-corrected chi connectivity index (χ4v) is 3.88. The Morgan fingerprint density at radius 1 is 1.03 bits per heavy atom. The third-order valence-corrected chi connectivity index (χ3v) is 6.34. The number of sulfonamides is 1. The molecule has 0 amide bonds. The van der Waals surface area contributed by atoms with Gasteiger partial charge in [-0.1, -0.05) is 18.2 Å². The van der Waals surface area contributed by atoms with Crippen LogP contribution in [0.1, 0.15) is 18.1 Å². The highest BCUT2D eigenvalue weighted by Crippen LogP contribution is 2.25. The summed E-state index contributed by atoms with van der Waals surface area (Å²) in [5.74, 6) is 1.98. The molecule has 0 fully saturated rings. The molecule has 2 aromatic carbocycles. The third-order valence-electron chi connectivity index (χ3n) is 4.42. The summed E-state index contributed by atoms with van der Waals surface area (Å²) in [6.07, 6.45) is 0. The second-order valence-electron chi connectivity index (χ2n) is 6.62. The predicted molar refractivity (Wildman–Crippen MR) is 119 cm³/mol. The van der Waals surface area contributed by atoms with Crippen molar-refractivity contribution in [1.82, 2.24) is 14.9 Å². The van der Waals surface area contributed by atoms with Gasteiger partial charge < -0.3 is 20.1 Å². The molecule has 0 aromatic heterocycles. The highest BCUT2D eigenvalue weighted by Gasteiger charge is 2.20. The largest absolute Gasteiger partial charge is 0.497 e. The number of nitrogens with one attached hydrogen (secondary N) is 2. The maximum Gasteiger partial charge on any atom is 0.242 e. The van der Waals surface area contributed by atoms with Crippen LogP contribution < -0.4 is 20.1 Å². The summed E-state index contributed by atoms with van der Waals surface area (Å²) in [5.41, 5.74) is 1.57. The third kappa shape index (κ3) is 5.87. The van der Waals surface area contributed by atoms with Crippen LogP contribution in [0.4, 0.5) is 0 Å². The van der Waals surface area contributed by atoms with Crippen LogP contribution in [-0.4, -0.2) is 53.5 Å². The number of hydrogen-bond acceptors (Lipinski definition) is 5. The van der Waals surface area contributed by atoms with Crippen molar-refractivity contribution in [3.8, 4) is 11.5 Å². The average Bonchev–Trinajstić information content (AvgIpc) is 2.75. The Morgan fingerprint density at radius 2 is 1.77 bits per heavy atom. The molecular formula is C21H30N4O4S. The summed E-state index contributed by atoms with van der Waals surface area (Å²) >= 11 is 0. The first-order valence-electron chi connectivity index (χ1n) is 9.57. The van der Waals surface area contributed by atoms with Gasteiger partial charge in [-0.25, -0.2) is 17.7 Å². The Balaban J connectivity index is 2.20. The van der Waals surface area contributed by atoms with E-state index in [4.69, 9.17) is 9.47 Å². The molecule has 2 rings (SSSR count). The van der Waals surface area contributed by atoms with Crippen molar-refractivity contribution in [3.05, 3.63) is 53.6 Å². The smallest absolute Gasteiger partial charge is 0.242 e. The highest BCUT2D eigenvalue weighted by atomic mass is 32.2. The van der Waals surface area contributed by atoms with Gasteiger partial charge >= 0.3 is 0 Å².